The predicted octanol–water partition coefficient (Wildman–Crippen LogP) is -0.312. The summed E-state index contributed by atoms with van der Waals surface area (Å²) in [4.78, 5) is 13.1. The zero-order valence-corrected chi connectivity index (χ0v) is 9.67. The fourth-order valence-electron chi connectivity index (χ4n) is 1.12. The van der Waals surface area contributed by atoms with Crippen LogP contribution in [0.3, 0.4) is 0 Å². The Balaban J connectivity index is 2.35. The molecule has 1 aromatic heterocycles. The quantitative estimate of drug-likeness (QED) is 0.723. The minimum atomic E-state index is 0.0116. The first-order chi connectivity index (χ1) is 7.11. The Bertz CT molecular complexity index is 327. The summed E-state index contributed by atoms with van der Waals surface area (Å²) in [5.74, 6) is 0.0116. The third-order valence-corrected chi connectivity index (χ3v) is 2.41. The number of nitrogens with two attached hydrogens (primary N) is 1. The molecule has 0 radical (unpaired) electrons. The van der Waals surface area contributed by atoms with Crippen LogP contribution in [0.1, 0.15) is 11.9 Å². The molecule has 1 aromatic rings. The van der Waals surface area contributed by atoms with Crippen molar-refractivity contribution >= 4 is 22.4 Å². The molecule has 0 saturated heterocycles. The maximum absolute atomic E-state index is 11.2. The zero-order valence-electron chi connectivity index (χ0n) is 8.86. The molecule has 1 amide bonds. The third-order valence-electron chi connectivity index (χ3n) is 1.68. The van der Waals surface area contributed by atoms with E-state index in [1.54, 1.807) is 0 Å². The van der Waals surface area contributed by atoms with E-state index < -0.39 is 0 Å². The number of rotatable bonds is 5. The van der Waals surface area contributed by atoms with Gasteiger partial charge in [-0.1, -0.05) is 11.3 Å². The molecule has 0 aliphatic carbocycles. The van der Waals surface area contributed by atoms with Gasteiger partial charge in [0.25, 0.3) is 0 Å². The van der Waals surface area contributed by atoms with E-state index in [0.29, 0.717) is 24.8 Å². The molecule has 0 aromatic carbocycles. The molecule has 0 bridgehead atoms. The van der Waals surface area contributed by atoms with Gasteiger partial charge in [-0.15, -0.1) is 10.2 Å². The van der Waals surface area contributed by atoms with Crippen LogP contribution in [0.4, 0.5) is 5.13 Å². The summed E-state index contributed by atoms with van der Waals surface area (Å²) in [6.45, 7) is 3.49. The lowest BCUT2D eigenvalue weighted by Crippen LogP contribution is -2.34. The van der Waals surface area contributed by atoms with Crippen molar-refractivity contribution in [1.82, 2.24) is 20.4 Å². The second-order valence-electron chi connectivity index (χ2n) is 3.16. The molecule has 7 heteroatoms. The highest BCUT2D eigenvalue weighted by Crippen LogP contribution is 2.12. The summed E-state index contributed by atoms with van der Waals surface area (Å²) in [6.07, 6.45) is 0. The number of anilines is 1. The van der Waals surface area contributed by atoms with Gasteiger partial charge < -0.3 is 11.1 Å². The number of nitrogen functional groups attached to an aromatic ring is 1. The van der Waals surface area contributed by atoms with E-state index in [1.165, 1.54) is 11.3 Å². The summed E-state index contributed by atoms with van der Waals surface area (Å²) in [5, 5.41) is 11.6. The highest BCUT2D eigenvalue weighted by atomic mass is 32.1. The number of likely N-dealkylation sites (N-methyl/N-ethyl adjacent to an activating group) is 2. The molecule has 0 aliphatic rings. The summed E-state index contributed by atoms with van der Waals surface area (Å²) in [7, 11) is 1.85. The number of hydrogen-bond acceptors (Lipinski definition) is 6. The first-order valence-corrected chi connectivity index (χ1v) is 5.46. The highest BCUT2D eigenvalue weighted by Gasteiger charge is 2.08. The fraction of sp³-hybridized carbons (Fsp3) is 0.625. The average Bonchev–Trinajstić information content (AvgIpc) is 2.51. The maximum atomic E-state index is 11.2. The van der Waals surface area contributed by atoms with Gasteiger partial charge in [0.15, 0.2) is 0 Å². The van der Waals surface area contributed by atoms with Gasteiger partial charge in [0.05, 0.1) is 13.1 Å². The van der Waals surface area contributed by atoms with Crippen molar-refractivity contribution in [2.75, 3.05) is 25.9 Å². The molecule has 0 unspecified atom stereocenters. The third kappa shape index (κ3) is 4.22. The van der Waals surface area contributed by atoms with Crippen LogP contribution < -0.4 is 11.1 Å². The minimum absolute atomic E-state index is 0.0116. The van der Waals surface area contributed by atoms with Crippen LogP contribution in [0.15, 0.2) is 0 Å². The van der Waals surface area contributed by atoms with E-state index in [1.807, 2.05) is 18.9 Å². The Morgan fingerprint density at radius 1 is 1.60 bits per heavy atom. The van der Waals surface area contributed by atoms with E-state index in [0.717, 1.165) is 5.01 Å². The molecular weight excluding hydrogens is 214 g/mol. The zero-order chi connectivity index (χ0) is 11.3. The molecule has 0 atom stereocenters. The van der Waals surface area contributed by atoms with Crippen molar-refractivity contribution in [2.24, 2.45) is 0 Å². The van der Waals surface area contributed by atoms with E-state index >= 15 is 0 Å². The number of nitrogens with zero attached hydrogens (tertiary/aromatic N) is 3. The van der Waals surface area contributed by atoms with E-state index in [-0.39, 0.29) is 5.91 Å². The van der Waals surface area contributed by atoms with Gasteiger partial charge in [-0.05, 0) is 14.0 Å². The van der Waals surface area contributed by atoms with Crippen molar-refractivity contribution < 1.29 is 4.79 Å². The van der Waals surface area contributed by atoms with Crippen LogP contribution in [-0.4, -0.2) is 41.1 Å². The molecule has 0 aliphatic heterocycles. The highest BCUT2D eigenvalue weighted by molar-refractivity contribution is 7.15. The van der Waals surface area contributed by atoms with Gasteiger partial charge in [-0.25, -0.2) is 0 Å². The summed E-state index contributed by atoms with van der Waals surface area (Å²) in [5.41, 5.74) is 5.45. The van der Waals surface area contributed by atoms with Crippen molar-refractivity contribution in [3.05, 3.63) is 5.01 Å². The maximum Gasteiger partial charge on any atom is 0.234 e. The van der Waals surface area contributed by atoms with Crippen molar-refractivity contribution in [1.29, 1.82) is 0 Å². The number of carbonyl (C=O) groups excluding carboxylic acids is 1. The second-order valence-corrected chi connectivity index (χ2v) is 4.25. The van der Waals surface area contributed by atoms with Crippen LogP contribution in [0.5, 0.6) is 0 Å². The molecular formula is C8H15N5OS. The van der Waals surface area contributed by atoms with Gasteiger partial charge in [0.2, 0.25) is 11.0 Å². The first kappa shape index (κ1) is 11.9. The van der Waals surface area contributed by atoms with Gasteiger partial charge in [0.1, 0.15) is 5.01 Å². The normalized spacial score (nSPS) is 10.6. The van der Waals surface area contributed by atoms with Crippen molar-refractivity contribution in [2.45, 2.75) is 13.5 Å². The largest absolute Gasteiger partial charge is 0.374 e. The Morgan fingerprint density at radius 3 is 2.87 bits per heavy atom. The van der Waals surface area contributed by atoms with Crippen LogP contribution in [-0.2, 0) is 11.3 Å². The number of carbonyl (C=O) groups is 1. The van der Waals surface area contributed by atoms with Gasteiger partial charge in [0, 0.05) is 6.54 Å². The SMILES string of the molecule is CCNC(=O)CN(C)Cc1nnc(N)s1. The fourth-order valence-corrected chi connectivity index (χ4v) is 1.81. The minimum Gasteiger partial charge on any atom is -0.374 e. The smallest absolute Gasteiger partial charge is 0.234 e. The lowest BCUT2D eigenvalue weighted by Gasteiger charge is -2.13. The second kappa shape index (κ2) is 5.62. The summed E-state index contributed by atoms with van der Waals surface area (Å²) >= 11 is 1.34. The molecule has 3 N–H and O–H groups in total. The summed E-state index contributed by atoms with van der Waals surface area (Å²) < 4.78 is 0. The number of aromatic nitrogens is 2. The molecule has 1 rings (SSSR count). The molecule has 0 fully saturated rings. The van der Waals surface area contributed by atoms with Gasteiger partial charge >= 0.3 is 0 Å². The Hall–Kier alpha value is -1.21. The Labute approximate surface area is 92.5 Å². The van der Waals surface area contributed by atoms with Crippen LogP contribution in [0.2, 0.25) is 0 Å². The van der Waals surface area contributed by atoms with Crippen molar-refractivity contribution in [3.8, 4) is 0 Å². The van der Waals surface area contributed by atoms with E-state index in [2.05, 4.69) is 15.5 Å². The van der Waals surface area contributed by atoms with E-state index in [4.69, 9.17) is 5.73 Å². The Kier molecular flexibility index (Phi) is 4.44. The standard InChI is InChI=1S/C8H15N5OS/c1-3-10-6(14)4-13(2)5-7-11-12-8(9)15-7/h3-5H2,1-2H3,(H2,9,12)(H,10,14). The molecule has 1 heterocycles. The van der Waals surface area contributed by atoms with Gasteiger partial charge in [-0.3, -0.25) is 9.69 Å². The Morgan fingerprint density at radius 2 is 2.33 bits per heavy atom. The topological polar surface area (TPSA) is 84.1 Å². The average molecular weight is 229 g/mol. The molecule has 0 saturated carbocycles. The van der Waals surface area contributed by atoms with Crippen LogP contribution in [0.25, 0.3) is 0 Å². The summed E-state index contributed by atoms with van der Waals surface area (Å²) in [6, 6.07) is 0. The number of amides is 1. The van der Waals surface area contributed by atoms with E-state index in [9.17, 15) is 4.79 Å². The van der Waals surface area contributed by atoms with Crippen molar-refractivity contribution in [3.63, 3.8) is 0 Å². The van der Waals surface area contributed by atoms with Crippen LogP contribution >= 0.6 is 11.3 Å². The lowest BCUT2D eigenvalue weighted by molar-refractivity contribution is -0.121. The van der Waals surface area contributed by atoms with Crippen LogP contribution in [0, 0.1) is 0 Å². The molecule has 6 nitrogen and oxygen atoms in total. The predicted molar refractivity (Wildman–Crippen MR) is 59.3 cm³/mol. The number of nitrogens with one attached hydrogen (secondary N) is 1. The molecule has 0 spiro atoms. The molecule has 15 heavy (non-hydrogen) atoms. The molecule has 84 valence electrons. The first-order valence-electron chi connectivity index (χ1n) is 4.65. The number of hydrogen-bond donors (Lipinski definition) is 2. The lowest BCUT2D eigenvalue weighted by atomic mass is 10.5. The monoisotopic (exact) mass is 229 g/mol. The van der Waals surface area contributed by atoms with Gasteiger partial charge in [-0.2, -0.15) is 0 Å².